The van der Waals surface area contributed by atoms with Crippen molar-refractivity contribution in [3.8, 4) is 23.1 Å². The zero-order valence-electron chi connectivity index (χ0n) is 19.3. The zero-order chi connectivity index (χ0) is 23.1. The molecule has 0 aliphatic rings. The molecule has 0 fully saturated rings. The summed E-state index contributed by atoms with van der Waals surface area (Å²) in [5.41, 5.74) is 5.57. The van der Waals surface area contributed by atoms with Crippen molar-refractivity contribution in [3.05, 3.63) is 70.9 Å². The number of hydrogen-bond donors (Lipinski definition) is 0. The van der Waals surface area contributed by atoms with E-state index in [9.17, 15) is 10.1 Å². The molecular formula is C26H30N4O2. The van der Waals surface area contributed by atoms with Crippen LogP contribution in [0.3, 0.4) is 0 Å². The second kappa shape index (κ2) is 10.6. The van der Waals surface area contributed by atoms with Crippen molar-refractivity contribution in [1.82, 2.24) is 14.7 Å². The fraction of sp³-hybridized carbons (Fsp3) is 0.346. The Bertz CT molecular complexity index is 1110. The standard InChI is InChI=1S/C26H30N4O2/c1-5-10-24-23(25(29(4)28-24)32-26(31)30(6-2)7-3)17-19-13-15-20(16-14-19)22-12-9-8-11-21(22)18-27/h8-9,11-16H,5-7,10,17H2,1-4H3. The molecule has 3 rings (SSSR count). The molecule has 3 aromatic rings. The van der Waals surface area contributed by atoms with E-state index in [1.807, 2.05) is 57.3 Å². The molecule has 0 atom stereocenters. The maximum Gasteiger partial charge on any atom is 0.416 e. The number of benzene rings is 2. The summed E-state index contributed by atoms with van der Waals surface area (Å²) in [5.74, 6) is 0.504. The fourth-order valence-electron chi connectivity index (χ4n) is 3.82. The number of amides is 1. The molecule has 0 saturated carbocycles. The van der Waals surface area contributed by atoms with E-state index in [2.05, 4.69) is 30.2 Å². The summed E-state index contributed by atoms with van der Waals surface area (Å²) in [6.45, 7) is 7.17. The van der Waals surface area contributed by atoms with Gasteiger partial charge in [-0.15, -0.1) is 0 Å². The Hall–Kier alpha value is -3.59. The third-order valence-electron chi connectivity index (χ3n) is 5.56. The van der Waals surface area contributed by atoms with E-state index in [0.29, 0.717) is 31.0 Å². The number of carbonyl (C=O) groups excluding carboxylic acids is 1. The van der Waals surface area contributed by atoms with Crippen LogP contribution in [0.5, 0.6) is 5.88 Å². The lowest BCUT2D eigenvalue weighted by Gasteiger charge is -2.18. The van der Waals surface area contributed by atoms with Crippen LogP contribution in [0.2, 0.25) is 0 Å². The van der Waals surface area contributed by atoms with Crippen molar-refractivity contribution in [2.45, 2.75) is 40.0 Å². The molecule has 0 N–H and O–H groups in total. The summed E-state index contributed by atoms with van der Waals surface area (Å²) < 4.78 is 7.46. The normalized spacial score (nSPS) is 10.6. The van der Waals surface area contributed by atoms with Crippen LogP contribution < -0.4 is 4.74 Å². The molecule has 6 nitrogen and oxygen atoms in total. The van der Waals surface area contributed by atoms with E-state index in [4.69, 9.17) is 4.74 Å². The van der Waals surface area contributed by atoms with E-state index in [-0.39, 0.29) is 6.09 Å². The quantitative estimate of drug-likeness (QED) is 0.483. The third-order valence-corrected chi connectivity index (χ3v) is 5.56. The average Bonchev–Trinajstić information content (AvgIpc) is 3.09. The first-order valence-corrected chi connectivity index (χ1v) is 11.1. The largest absolute Gasteiger partial charge is 0.416 e. The number of hydrogen-bond acceptors (Lipinski definition) is 4. The van der Waals surface area contributed by atoms with E-state index < -0.39 is 0 Å². The van der Waals surface area contributed by atoms with E-state index >= 15 is 0 Å². The summed E-state index contributed by atoms with van der Waals surface area (Å²) in [5, 5.41) is 14.0. The average molecular weight is 431 g/mol. The summed E-state index contributed by atoms with van der Waals surface area (Å²) in [6.07, 6.45) is 2.03. The highest BCUT2D eigenvalue weighted by Gasteiger charge is 2.22. The van der Waals surface area contributed by atoms with Gasteiger partial charge < -0.3 is 9.64 Å². The maximum atomic E-state index is 12.6. The minimum atomic E-state index is -0.356. The van der Waals surface area contributed by atoms with Gasteiger partial charge in [-0.2, -0.15) is 10.4 Å². The Morgan fingerprint density at radius 2 is 1.78 bits per heavy atom. The van der Waals surface area contributed by atoms with E-state index in [0.717, 1.165) is 40.8 Å². The van der Waals surface area contributed by atoms with Crippen molar-refractivity contribution in [3.63, 3.8) is 0 Å². The first-order valence-electron chi connectivity index (χ1n) is 11.1. The van der Waals surface area contributed by atoms with Gasteiger partial charge in [0.15, 0.2) is 0 Å². The van der Waals surface area contributed by atoms with Gasteiger partial charge >= 0.3 is 6.09 Å². The lowest BCUT2D eigenvalue weighted by atomic mass is 9.97. The summed E-state index contributed by atoms with van der Waals surface area (Å²) in [7, 11) is 1.81. The van der Waals surface area contributed by atoms with Gasteiger partial charge in [0.05, 0.1) is 17.3 Å². The smallest absolute Gasteiger partial charge is 0.391 e. The predicted octanol–water partition coefficient (Wildman–Crippen LogP) is 5.34. The highest BCUT2D eigenvalue weighted by atomic mass is 16.6. The number of rotatable bonds is 8. The summed E-state index contributed by atoms with van der Waals surface area (Å²) in [6, 6.07) is 18.0. The molecule has 2 aromatic carbocycles. The molecule has 1 amide bonds. The second-order valence-electron chi connectivity index (χ2n) is 7.68. The van der Waals surface area contributed by atoms with Gasteiger partial charge in [-0.1, -0.05) is 55.8 Å². The van der Waals surface area contributed by atoms with E-state index in [1.165, 1.54) is 0 Å². The minimum Gasteiger partial charge on any atom is -0.391 e. The predicted molar refractivity (Wildman–Crippen MR) is 126 cm³/mol. The number of aryl methyl sites for hydroxylation is 2. The number of nitrogens with zero attached hydrogens (tertiary/aromatic N) is 4. The highest BCUT2D eigenvalue weighted by molar-refractivity contribution is 5.71. The van der Waals surface area contributed by atoms with Crippen molar-refractivity contribution in [2.24, 2.45) is 7.05 Å². The van der Waals surface area contributed by atoms with Crippen LogP contribution in [0, 0.1) is 11.3 Å². The third kappa shape index (κ3) is 5.00. The van der Waals surface area contributed by atoms with Gasteiger partial charge in [0, 0.05) is 32.1 Å². The van der Waals surface area contributed by atoms with Crippen molar-refractivity contribution in [2.75, 3.05) is 13.1 Å². The molecule has 166 valence electrons. The second-order valence-corrected chi connectivity index (χ2v) is 7.68. The molecule has 0 unspecified atom stereocenters. The number of carbonyl (C=O) groups is 1. The topological polar surface area (TPSA) is 71.2 Å². The van der Waals surface area contributed by atoms with Crippen molar-refractivity contribution < 1.29 is 9.53 Å². The monoisotopic (exact) mass is 430 g/mol. The Labute approximate surface area is 190 Å². The van der Waals surface area contributed by atoms with Gasteiger partial charge in [-0.05, 0) is 43.0 Å². The zero-order valence-corrected chi connectivity index (χ0v) is 19.3. The van der Waals surface area contributed by atoms with Gasteiger partial charge in [0.25, 0.3) is 0 Å². The molecule has 0 saturated heterocycles. The van der Waals surface area contributed by atoms with Crippen LogP contribution in [0.4, 0.5) is 4.79 Å². The van der Waals surface area contributed by atoms with Crippen LogP contribution >= 0.6 is 0 Å². The Morgan fingerprint density at radius 3 is 2.41 bits per heavy atom. The van der Waals surface area contributed by atoms with Gasteiger partial charge in [-0.25, -0.2) is 9.48 Å². The van der Waals surface area contributed by atoms with Crippen molar-refractivity contribution >= 4 is 6.09 Å². The first kappa shape index (κ1) is 23.1. The maximum absolute atomic E-state index is 12.6. The number of ether oxygens (including phenoxy) is 1. The number of nitriles is 1. The first-order chi connectivity index (χ1) is 15.5. The number of aromatic nitrogens is 2. The van der Waals surface area contributed by atoms with E-state index in [1.54, 1.807) is 9.58 Å². The van der Waals surface area contributed by atoms with Crippen LogP contribution in [-0.4, -0.2) is 33.9 Å². The molecule has 1 aromatic heterocycles. The Balaban J connectivity index is 1.90. The lowest BCUT2D eigenvalue weighted by molar-refractivity contribution is 0.153. The van der Waals surface area contributed by atoms with Crippen LogP contribution in [0.25, 0.3) is 11.1 Å². The lowest BCUT2D eigenvalue weighted by Crippen LogP contribution is -2.33. The molecule has 1 heterocycles. The van der Waals surface area contributed by atoms with Gasteiger partial charge in [0.2, 0.25) is 5.88 Å². The Kier molecular flexibility index (Phi) is 7.67. The molecule has 0 spiro atoms. The molecule has 0 aliphatic carbocycles. The van der Waals surface area contributed by atoms with Crippen LogP contribution in [-0.2, 0) is 19.9 Å². The molecular weight excluding hydrogens is 400 g/mol. The minimum absolute atomic E-state index is 0.356. The molecule has 32 heavy (non-hydrogen) atoms. The van der Waals surface area contributed by atoms with Gasteiger partial charge in [-0.3, -0.25) is 0 Å². The summed E-state index contributed by atoms with van der Waals surface area (Å²) in [4.78, 5) is 14.2. The summed E-state index contributed by atoms with van der Waals surface area (Å²) >= 11 is 0. The molecule has 6 heteroatoms. The fourth-order valence-corrected chi connectivity index (χ4v) is 3.82. The SMILES string of the molecule is CCCc1nn(C)c(OC(=O)N(CC)CC)c1Cc1ccc(-c2ccccc2C#N)cc1. The van der Waals surface area contributed by atoms with Crippen LogP contribution in [0.15, 0.2) is 48.5 Å². The van der Waals surface area contributed by atoms with Gasteiger partial charge in [0.1, 0.15) is 0 Å². The van der Waals surface area contributed by atoms with Crippen molar-refractivity contribution in [1.29, 1.82) is 5.26 Å². The van der Waals surface area contributed by atoms with Crippen LogP contribution in [0.1, 0.15) is 49.6 Å². The molecule has 0 bridgehead atoms. The molecule has 0 aliphatic heterocycles. The Morgan fingerprint density at radius 1 is 1.09 bits per heavy atom. The molecule has 0 radical (unpaired) electrons. The highest BCUT2D eigenvalue weighted by Crippen LogP contribution is 2.29.